The Morgan fingerprint density at radius 1 is 1.10 bits per heavy atom. The highest BCUT2D eigenvalue weighted by Gasteiger charge is 2.06. The predicted octanol–water partition coefficient (Wildman–Crippen LogP) is 4.62. The van der Waals surface area contributed by atoms with Crippen LogP contribution in [0.5, 0.6) is 0 Å². The second-order valence-electron chi connectivity index (χ2n) is 4.42. The van der Waals surface area contributed by atoms with E-state index in [9.17, 15) is 4.79 Å². The van der Waals surface area contributed by atoms with Crippen LogP contribution in [0.25, 0.3) is 0 Å². The smallest absolute Gasteiger partial charge is 0.319 e. The summed E-state index contributed by atoms with van der Waals surface area (Å²) in [6.45, 7) is 2.47. The van der Waals surface area contributed by atoms with Crippen molar-refractivity contribution in [2.45, 2.75) is 13.5 Å². The van der Waals surface area contributed by atoms with Crippen molar-refractivity contribution in [3.05, 3.63) is 63.6 Å². The lowest BCUT2D eigenvalue weighted by Gasteiger charge is -2.09. The fourth-order valence-corrected chi connectivity index (χ4v) is 1.98. The number of benzene rings is 2. The third-order valence-electron chi connectivity index (χ3n) is 2.75. The molecule has 3 nitrogen and oxygen atoms in total. The van der Waals surface area contributed by atoms with Gasteiger partial charge in [-0.05, 0) is 30.7 Å². The first-order chi connectivity index (χ1) is 9.54. The molecule has 0 bridgehead atoms. The molecule has 5 heteroatoms. The Hall–Kier alpha value is -1.71. The average molecular weight is 309 g/mol. The minimum atomic E-state index is -0.324. The van der Waals surface area contributed by atoms with E-state index in [0.717, 1.165) is 5.56 Å². The van der Waals surface area contributed by atoms with Crippen molar-refractivity contribution in [3.8, 4) is 0 Å². The van der Waals surface area contributed by atoms with E-state index in [1.165, 1.54) is 5.56 Å². The van der Waals surface area contributed by atoms with Crippen molar-refractivity contribution >= 4 is 34.9 Å². The molecule has 0 aliphatic carbocycles. The van der Waals surface area contributed by atoms with E-state index in [4.69, 9.17) is 23.2 Å². The van der Waals surface area contributed by atoms with Crippen LogP contribution in [0.4, 0.5) is 10.5 Å². The van der Waals surface area contributed by atoms with Gasteiger partial charge < -0.3 is 10.6 Å². The first-order valence-electron chi connectivity index (χ1n) is 6.10. The molecule has 2 aromatic carbocycles. The quantitative estimate of drug-likeness (QED) is 0.853. The first kappa shape index (κ1) is 14.7. The van der Waals surface area contributed by atoms with E-state index in [1.807, 2.05) is 31.2 Å². The summed E-state index contributed by atoms with van der Waals surface area (Å²) < 4.78 is 0. The number of aryl methyl sites for hydroxylation is 1. The molecule has 104 valence electrons. The molecule has 0 radical (unpaired) electrons. The molecule has 0 spiro atoms. The molecule has 2 aromatic rings. The third kappa shape index (κ3) is 4.15. The summed E-state index contributed by atoms with van der Waals surface area (Å²) in [7, 11) is 0. The molecule has 0 saturated heterocycles. The predicted molar refractivity (Wildman–Crippen MR) is 83.5 cm³/mol. The number of halogens is 2. The van der Waals surface area contributed by atoms with Crippen LogP contribution in [0.2, 0.25) is 10.0 Å². The molecule has 0 aliphatic rings. The molecule has 20 heavy (non-hydrogen) atoms. The minimum absolute atomic E-state index is 0.324. The Balaban J connectivity index is 1.92. The van der Waals surface area contributed by atoms with E-state index < -0.39 is 0 Å². The van der Waals surface area contributed by atoms with Gasteiger partial charge in [0.25, 0.3) is 0 Å². The lowest BCUT2D eigenvalue weighted by Crippen LogP contribution is -2.28. The Bertz CT molecular complexity index is 612. The number of amides is 2. The summed E-state index contributed by atoms with van der Waals surface area (Å²) in [5.74, 6) is 0. The van der Waals surface area contributed by atoms with E-state index in [1.54, 1.807) is 18.2 Å². The van der Waals surface area contributed by atoms with Crippen LogP contribution in [0.1, 0.15) is 11.1 Å². The highest BCUT2D eigenvalue weighted by atomic mass is 35.5. The SMILES string of the molecule is Cc1ccc(CNC(=O)Nc2cc(Cl)ccc2Cl)cc1. The second-order valence-corrected chi connectivity index (χ2v) is 5.26. The summed E-state index contributed by atoms with van der Waals surface area (Å²) in [5.41, 5.74) is 2.70. The van der Waals surface area contributed by atoms with Crippen molar-refractivity contribution < 1.29 is 4.79 Å². The highest BCUT2D eigenvalue weighted by Crippen LogP contribution is 2.25. The van der Waals surface area contributed by atoms with Gasteiger partial charge in [-0.25, -0.2) is 4.79 Å². The van der Waals surface area contributed by atoms with Crippen LogP contribution in [-0.2, 0) is 6.54 Å². The Labute approximate surface area is 127 Å². The maximum absolute atomic E-state index is 11.8. The maximum atomic E-state index is 11.8. The molecule has 0 fully saturated rings. The van der Waals surface area contributed by atoms with Crippen LogP contribution in [0.3, 0.4) is 0 Å². The number of rotatable bonds is 3. The van der Waals surface area contributed by atoms with Gasteiger partial charge in [-0.3, -0.25) is 0 Å². The summed E-state index contributed by atoms with van der Waals surface area (Å²) in [6.07, 6.45) is 0. The maximum Gasteiger partial charge on any atom is 0.319 e. The van der Waals surface area contributed by atoms with Crippen LogP contribution < -0.4 is 10.6 Å². The molecule has 0 unspecified atom stereocenters. The largest absolute Gasteiger partial charge is 0.334 e. The zero-order valence-electron chi connectivity index (χ0n) is 10.9. The Kier molecular flexibility index (Phi) is 4.88. The summed E-state index contributed by atoms with van der Waals surface area (Å²) in [5, 5.41) is 6.39. The van der Waals surface area contributed by atoms with Crippen molar-refractivity contribution in [3.63, 3.8) is 0 Å². The summed E-state index contributed by atoms with van der Waals surface area (Å²) in [6, 6.07) is 12.5. The third-order valence-corrected chi connectivity index (χ3v) is 3.31. The van der Waals surface area contributed by atoms with E-state index in [0.29, 0.717) is 22.3 Å². The monoisotopic (exact) mass is 308 g/mol. The van der Waals surface area contributed by atoms with Crippen molar-refractivity contribution in [2.24, 2.45) is 0 Å². The average Bonchev–Trinajstić information content (AvgIpc) is 2.42. The van der Waals surface area contributed by atoms with Gasteiger partial charge in [-0.2, -0.15) is 0 Å². The fraction of sp³-hybridized carbons (Fsp3) is 0.133. The number of anilines is 1. The van der Waals surface area contributed by atoms with Crippen LogP contribution >= 0.6 is 23.2 Å². The molecule has 2 rings (SSSR count). The molecule has 2 N–H and O–H groups in total. The Morgan fingerprint density at radius 3 is 2.50 bits per heavy atom. The number of hydrogen-bond donors (Lipinski definition) is 2. The zero-order chi connectivity index (χ0) is 14.5. The number of hydrogen-bond acceptors (Lipinski definition) is 1. The van der Waals surface area contributed by atoms with Gasteiger partial charge in [0.1, 0.15) is 0 Å². The van der Waals surface area contributed by atoms with Gasteiger partial charge in [0.2, 0.25) is 0 Å². The van der Waals surface area contributed by atoms with Crippen LogP contribution in [0.15, 0.2) is 42.5 Å². The number of carbonyl (C=O) groups excluding carboxylic acids is 1. The van der Waals surface area contributed by atoms with Gasteiger partial charge in [0, 0.05) is 11.6 Å². The van der Waals surface area contributed by atoms with E-state index in [2.05, 4.69) is 10.6 Å². The molecule has 0 atom stereocenters. The van der Waals surface area contributed by atoms with E-state index in [-0.39, 0.29) is 6.03 Å². The normalized spacial score (nSPS) is 10.2. The highest BCUT2D eigenvalue weighted by molar-refractivity contribution is 6.35. The summed E-state index contributed by atoms with van der Waals surface area (Å²) >= 11 is 11.8. The first-order valence-corrected chi connectivity index (χ1v) is 6.85. The molecule has 0 aliphatic heterocycles. The molecule has 2 amide bonds. The summed E-state index contributed by atoms with van der Waals surface area (Å²) in [4.78, 5) is 11.8. The van der Waals surface area contributed by atoms with Crippen molar-refractivity contribution in [1.82, 2.24) is 5.32 Å². The molecular weight excluding hydrogens is 295 g/mol. The van der Waals surface area contributed by atoms with Gasteiger partial charge in [-0.1, -0.05) is 53.0 Å². The zero-order valence-corrected chi connectivity index (χ0v) is 12.4. The number of urea groups is 1. The van der Waals surface area contributed by atoms with Crippen molar-refractivity contribution in [2.75, 3.05) is 5.32 Å². The lowest BCUT2D eigenvalue weighted by molar-refractivity contribution is 0.251. The standard InChI is InChI=1S/C15H14Cl2N2O/c1-10-2-4-11(5-3-10)9-18-15(20)19-14-8-12(16)6-7-13(14)17/h2-8H,9H2,1H3,(H2,18,19,20). The van der Waals surface area contributed by atoms with E-state index >= 15 is 0 Å². The number of carbonyl (C=O) groups is 1. The van der Waals surface area contributed by atoms with Gasteiger partial charge in [0.05, 0.1) is 10.7 Å². The van der Waals surface area contributed by atoms with Crippen molar-refractivity contribution in [1.29, 1.82) is 0 Å². The van der Waals surface area contributed by atoms with Gasteiger partial charge in [-0.15, -0.1) is 0 Å². The van der Waals surface area contributed by atoms with Gasteiger partial charge >= 0.3 is 6.03 Å². The van der Waals surface area contributed by atoms with Gasteiger partial charge in [0.15, 0.2) is 0 Å². The number of nitrogens with one attached hydrogen (secondary N) is 2. The fourth-order valence-electron chi connectivity index (χ4n) is 1.65. The lowest BCUT2D eigenvalue weighted by atomic mass is 10.1. The topological polar surface area (TPSA) is 41.1 Å². The second kappa shape index (κ2) is 6.64. The molecule has 0 aromatic heterocycles. The van der Waals surface area contributed by atoms with Crippen LogP contribution in [-0.4, -0.2) is 6.03 Å². The minimum Gasteiger partial charge on any atom is -0.334 e. The Morgan fingerprint density at radius 2 is 1.80 bits per heavy atom. The molecular formula is C15H14Cl2N2O. The molecule has 0 heterocycles. The van der Waals surface area contributed by atoms with Crippen LogP contribution in [0, 0.1) is 6.92 Å². The molecule has 0 saturated carbocycles.